The Kier molecular flexibility index (Phi) is 7.58. The third kappa shape index (κ3) is 5.41. The van der Waals surface area contributed by atoms with Crippen molar-refractivity contribution in [3.63, 3.8) is 0 Å². The van der Waals surface area contributed by atoms with E-state index in [4.69, 9.17) is 9.47 Å². The van der Waals surface area contributed by atoms with Gasteiger partial charge in [0.1, 0.15) is 23.0 Å². The Morgan fingerprint density at radius 2 is 0.717 bits per heavy atom. The molecule has 0 saturated carbocycles. The summed E-state index contributed by atoms with van der Waals surface area (Å²) in [6.07, 6.45) is 0. The first-order chi connectivity index (χ1) is 22.3. The maximum atomic E-state index is 6.80. The van der Waals surface area contributed by atoms with Crippen LogP contribution < -0.4 is 9.47 Å². The third-order valence-corrected chi connectivity index (χ3v) is 8.91. The van der Waals surface area contributed by atoms with Crippen LogP contribution in [0.2, 0.25) is 0 Å². The third-order valence-electron chi connectivity index (χ3n) is 8.91. The van der Waals surface area contributed by atoms with Gasteiger partial charge in [0.2, 0.25) is 0 Å². The molecule has 0 aliphatic carbocycles. The minimum absolute atomic E-state index is 0.815. The predicted octanol–water partition coefficient (Wildman–Crippen LogP) is 12.8. The van der Waals surface area contributed by atoms with E-state index < -0.39 is 0 Å². The molecule has 2 heteroatoms. The lowest BCUT2D eigenvalue weighted by molar-refractivity contribution is 0.489. The molecule has 0 radical (unpaired) electrons. The molecule has 0 fully saturated rings. The zero-order valence-electron chi connectivity index (χ0n) is 27.4. The van der Waals surface area contributed by atoms with Crippen molar-refractivity contribution in [3.8, 4) is 45.3 Å². The molecule has 0 aliphatic heterocycles. The number of fused-ring (bicyclic) bond motifs is 2. The van der Waals surface area contributed by atoms with Gasteiger partial charge in [-0.25, -0.2) is 0 Å². The van der Waals surface area contributed by atoms with Crippen molar-refractivity contribution in [3.05, 3.63) is 155 Å². The Bertz CT molecular complexity index is 2070. The maximum Gasteiger partial charge on any atom is 0.135 e. The Labute approximate surface area is 271 Å². The van der Waals surface area contributed by atoms with E-state index >= 15 is 0 Å². The summed E-state index contributed by atoms with van der Waals surface area (Å²) in [4.78, 5) is 0. The van der Waals surface area contributed by atoms with Gasteiger partial charge in [-0.2, -0.15) is 0 Å². The Morgan fingerprint density at radius 1 is 0.348 bits per heavy atom. The lowest BCUT2D eigenvalue weighted by Gasteiger charge is -2.18. The van der Waals surface area contributed by atoms with Crippen LogP contribution in [0.5, 0.6) is 23.0 Å². The van der Waals surface area contributed by atoms with Crippen LogP contribution in [0, 0.1) is 41.5 Å². The van der Waals surface area contributed by atoms with Gasteiger partial charge in [-0.05, 0) is 122 Å². The van der Waals surface area contributed by atoms with Gasteiger partial charge >= 0.3 is 0 Å². The number of ether oxygens (including phenoxy) is 2. The van der Waals surface area contributed by atoms with E-state index in [0.29, 0.717) is 0 Å². The van der Waals surface area contributed by atoms with Crippen molar-refractivity contribution in [2.75, 3.05) is 0 Å². The van der Waals surface area contributed by atoms with Crippen molar-refractivity contribution in [1.82, 2.24) is 0 Å². The summed E-state index contributed by atoms with van der Waals surface area (Å²) in [5, 5.41) is 4.32. The average Bonchev–Trinajstić information content (AvgIpc) is 3.01. The van der Waals surface area contributed by atoms with E-state index in [1.807, 2.05) is 12.1 Å². The molecule has 0 aliphatic rings. The second-order valence-corrected chi connectivity index (χ2v) is 12.6. The number of hydrogen-bond donors (Lipinski definition) is 0. The van der Waals surface area contributed by atoms with Crippen molar-refractivity contribution in [1.29, 1.82) is 0 Å². The molecule has 0 amide bonds. The Hall–Kier alpha value is -5.34. The fourth-order valence-corrected chi connectivity index (χ4v) is 7.14. The molecule has 0 aromatic heterocycles. The quantitative estimate of drug-likeness (QED) is 0.177. The Morgan fingerprint density at radius 3 is 1.13 bits per heavy atom. The van der Waals surface area contributed by atoms with Crippen molar-refractivity contribution < 1.29 is 9.47 Å². The van der Waals surface area contributed by atoms with Gasteiger partial charge in [-0.1, -0.05) is 96.1 Å². The summed E-state index contributed by atoms with van der Waals surface area (Å²) in [7, 11) is 0. The molecule has 0 spiro atoms. The number of hydrogen-bond acceptors (Lipinski definition) is 2. The van der Waals surface area contributed by atoms with Crippen LogP contribution in [0.15, 0.2) is 121 Å². The van der Waals surface area contributed by atoms with Gasteiger partial charge in [-0.15, -0.1) is 0 Å². The number of para-hydroxylation sites is 2. The van der Waals surface area contributed by atoms with Gasteiger partial charge in [0, 0.05) is 21.9 Å². The zero-order valence-corrected chi connectivity index (χ0v) is 27.4. The van der Waals surface area contributed by atoms with Gasteiger partial charge < -0.3 is 9.47 Å². The smallest absolute Gasteiger partial charge is 0.135 e. The number of aryl methyl sites for hydroxylation is 6. The maximum absolute atomic E-state index is 6.80. The second-order valence-electron chi connectivity index (χ2n) is 12.6. The van der Waals surface area contributed by atoms with Gasteiger partial charge in [0.25, 0.3) is 0 Å². The summed E-state index contributed by atoms with van der Waals surface area (Å²) >= 11 is 0. The molecule has 0 heterocycles. The van der Waals surface area contributed by atoms with Crippen molar-refractivity contribution >= 4 is 21.5 Å². The van der Waals surface area contributed by atoms with Gasteiger partial charge in [0.15, 0.2) is 0 Å². The lowest BCUT2D eigenvalue weighted by Crippen LogP contribution is -1.95. The van der Waals surface area contributed by atoms with Gasteiger partial charge in [-0.3, -0.25) is 0 Å². The lowest BCUT2D eigenvalue weighted by atomic mass is 9.93. The molecular formula is C44H38O2. The molecule has 226 valence electrons. The largest absolute Gasteiger partial charge is 0.456 e. The first kappa shape index (κ1) is 29.4. The van der Waals surface area contributed by atoms with Crippen LogP contribution in [0.1, 0.15) is 33.4 Å². The molecule has 7 aromatic carbocycles. The minimum atomic E-state index is 0.815. The Balaban J connectivity index is 1.33. The standard InChI is InChI=1S/C44H38O2/c1-27-21-29(3)43(30(4)22-27)35-15-7-9-17-39(35)45-41-19-11-13-33-25-34-14-12-20-42(38(34)26-37(33)41)46-40-18-10-8-16-36(40)44-31(5)23-28(2)24-32(44)6/h7-26H,1-6H3. The molecule has 0 N–H and O–H groups in total. The van der Waals surface area contributed by atoms with Crippen LogP contribution in [0.3, 0.4) is 0 Å². The van der Waals surface area contributed by atoms with Crippen molar-refractivity contribution in [2.45, 2.75) is 41.5 Å². The molecule has 2 nitrogen and oxygen atoms in total. The highest BCUT2D eigenvalue weighted by Gasteiger charge is 2.16. The zero-order chi connectivity index (χ0) is 31.9. The first-order valence-electron chi connectivity index (χ1n) is 15.9. The van der Waals surface area contributed by atoms with Crippen molar-refractivity contribution in [2.24, 2.45) is 0 Å². The molecule has 0 saturated heterocycles. The fourth-order valence-electron chi connectivity index (χ4n) is 7.14. The molecule has 0 unspecified atom stereocenters. The summed E-state index contributed by atoms with van der Waals surface area (Å²) in [6.45, 7) is 13.0. The minimum Gasteiger partial charge on any atom is -0.456 e. The highest BCUT2D eigenvalue weighted by atomic mass is 16.5. The summed E-state index contributed by atoms with van der Waals surface area (Å²) in [5.74, 6) is 3.31. The van der Waals surface area contributed by atoms with E-state index in [1.165, 1.54) is 44.5 Å². The molecular weight excluding hydrogens is 560 g/mol. The predicted molar refractivity (Wildman–Crippen MR) is 194 cm³/mol. The van der Waals surface area contributed by atoms with E-state index in [2.05, 4.69) is 151 Å². The summed E-state index contributed by atoms with van der Waals surface area (Å²) < 4.78 is 13.6. The van der Waals surface area contributed by atoms with Crippen LogP contribution in [-0.4, -0.2) is 0 Å². The first-order valence-corrected chi connectivity index (χ1v) is 15.9. The number of benzene rings is 7. The van der Waals surface area contributed by atoms with E-state index in [-0.39, 0.29) is 0 Å². The summed E-state index contributed by atoms with van der Waals surface area (Å²) in [5.41, 5.74) is 12.2. The molecule has 0 bridgehead atoms. The molecule has 7 rings (SSSR count). The fraction of sp³-hybridized carbons (Fsp3) is 0.136. The highest BCUT2D eigenvalue weighted by molar-refractivity contribution is 6.03. The molecule has 0 atom stereocenters. The van der Waals surface area contributed by atoms with Crippen LogP contribution in [0.25, 0.3) is 43.8 Å². The molecule has 46 heavy (non-hydrogen) atoms. The highest BCUT2D eigenvalue weighted by Crippen LogP contribution is 2.43. The average molecular weight is 599 g/mol. The molecule has 7 aromatic rings. The van der Waals surface area contributed by atoms with E-state index in [1.54, 1.807) is 0 Å². The number of rotatable bonds is 6. The van der Waals surface area contributed by atoms with Gasteiger partial charge in [0.05, 0.1) is 0 Å². The second kappa shape index (κ2) is 11.9. The van der Waals surface area contributed by atoms with Crippen LogP contribution >= 0.6 is 0 Å². The van der Waals surface area contributed by atoms with Crippen LogP contribution in [0.4, 0.5) is 0 Å². The SMILES string of the molecule is Cc1cc(C)c(-c2ccccc2Oc2cccc3cc4cccc(Oc5ccccc5-c5c(C)cc(C)cc5C)c4cc23)c(C)c1. The summed E-state index contributed by atoms with van der Waals surface area (Å²) in [6, 6.07) is 42.6. The monoisotopic (exact) mass is 598 g/mol. The van der Waals surface area contributed by atoms with E-state index in [9.17, 15) is 0 Å². The van der Waals surface area contributed by atoms with Crippen LogP contribution in [-0.2, 0) is 0 Å². The van der Waals surface area contributed by atoms with E-state index in [0.717, 1.165) is 55.7 Å². The normalized spacial score (nSPS) is 11.3. The topological polar surface area (TPSA) is 18.5 Å².